The average molecular weight is 388 g/mol. The van der Waals surface area contributed by atoms with Crippen LogP contribution >= 0.6 is 11.6 Å². The van der Waals surface area contributed by atoms with Crippen molar-refractivity contribution in [1.82, 2.24) is 15.0 Å². The molecule has 0 fully saturated rings. The number of carbonyl (C=O) groups excluding carboxylic acids is 1. The number of hydrogen-bond acceptors (Lipinski definition) is 5. The molecule has 1 amide bonds. The Hall–Kier alpha value is -2.21. The lowest BCUT2D eigenvalue weighted by atomic mass is 9.92. The van der Waals surface area contributed by atoms with Gasteiger partial charge in [0.2, 0.25) is 5.91 Å². The van der Waals surface area contributed by atoms with Crippen LogP contribution in [-0.2, 0) is 17.8 Å². The normalized spacial score (nSPS) is 14.0. The highest BCUT2D eigenvalue weighted by Crippen LogP contribution is 2.28. The number of aromatic nitrogens is 3. The summed E-state index contributed by atoms with van der Waals surface area (Å²) in [6.45, 7) is 9.64. The first-order chi connectivity index (χ1) is 12.7. The van der Waals surface area contributed by atoms with E-state index in [4.69, 9.17) is 21.6 Å². The highest BCUT2D eigenvalue weighted by molar-refractivity contribution is 6.29. The molecule has 3 rings (SSSR count). The first-order valence-corrected chi connectivity index (χ1v) is 9.62. The van der Waals surface area contributed by atoms with E-state index in [2.05, 4.69) is 15.2 Å². The molecule has 1 aliphatic heterocycles. The molecule has 0 aromatic carbocycles. The van der Waals surface area contributed by atoms with Crippen molar-refractivity contribution in [1.29, 1.82) is 0 Å². The average Bonchev–Trinajstić information content (AvgIpc) is 2.56. The van der Waals surface area contributed by atoms with Gasteiger partial charge in [0.1, 0.15) is 5.15 Å². The highest BCUT2D eigenvalue weighted by Gasteiger charge is 2.23. The zero-order valence-corrected chi connectivity index (χ0v) is 17.1. The van der Waals surface area contributed by atoms with Crippen LogP contribution in [0.15, 0.2) is 18.3 Å². The lowest BCUT2D eigenvalue weighted by Gasteiger charge is -2.30. The summed E-state index contributed by atoms with van der Waals surface area (Å²) >= 11 is 5.87. The van der Waals surface area contributed by atoms with Gasteiger partial charge < -0.3 is 10.2 Å². The summed E-state index contributed by atoms with van der Waals surface area (Å²) in [7, 11) is 0. The van der Waals surface area contributed by atoms with E-state index in [1.54, 1.807) is 12.3 Å². The summed E-state index contributed by atoms with van der Waals surface area (Å²) in [5.41, 5.74) is 2.68. The molecule has 0 saturated carbocycles. The van der Waals surface area contributed by atoms with E-state index in [1.807, 2.05) is 33.8 Å². The molecular weight excluding hydrogens is 362 g/mol. The molecular formula is C20H26ClN5O. The molecule has 0 bridgehead atoms. The minimum Gasteiger partial charge on any atom is -0.351 e. The molecule has 0 spiro atoms. The predicted molar refractivity (Wildman–Crippen MR) is 108 cm³/mol. The van der Waals surface area contributed by atoms with Crippen LogP contribution in [0.25, 0.3) is 0 Å². The third-order valence-electron chi connectivity index (χ3n) is 4.37. The first-order valence-electron chi connectivity index (χ1n) is 9.24. The van der Waals surface area contributed by atoms with Crippen LogP contribution in [0.1, 0.15) is 50.6 Å². The summed E-state index contributed by atoms with van der Waals surface area (Å²) in [4.78, 5) is 28.1. The second kappa shape index (κ2) is 7.80. The Morgan fingerprint density at radius 1 is 1.30 bits per heavy atom. The Balaban J connectivity index is 1.79. The van der Waals surface area contributed by atoms with Crippen molar-refractivity contribution < 1.29 is 4.79 Å². The Morgan fingerprint density at radius 3 is 2.74 bits per heavy atom. The summed E-state index contributed by atoms with van der Waals surface area (Å²) in [5.74, 6) is 1.43. The number of rotatable bonds is 4. The number of aryl methyl sites for hydroxylation is 2. The van der Waals surface area contributed by atoms with Gasteiger partial charge in [0.05, 0.1) is 11.4 Å². The van der Waals surface area contributed by atoms with E-state index in [-0.39, 0.29) is 11.3 Å². The maximum Gasteiger partial charge on any atom is 0.226 e. The quantitative estimate of drug-likeness (QED) is 0.797. The van der Waals surface area contributed by atoms with Gasteiger partial charge in [0.25, 0.3) is 0 Å². The molecule has 0 aliphatic carbocycles. The number of nitrogens with one attached hydrogen (secondary N) is 1. The summed E-state index contributed by atoms with van der Waals surface area (Å²) < 4.78 is 0. The predicted octanol–water partition coefficient (Wildman–Crippen LogP) is 4.16. The van der Waals surface area contributed by atoms with E-state index >= 15 is 0 Å². The van der Waals surface area contributed by atoms with Gasteiger partial charge in [-0.3, -0.25) is 4.79 Å². The first kappa shape index (κ1) is 19.5. The van der Waals surface area contributed by atoms with Crippen molar-refractivity contribution in [3.05, 3.63) is 40.4 Å². The summed E-state index contributed by atoms with van der Waals surface area (Å²) in [5, 5.41) is 3.42. The summed E-state index contributed by atoms with van der Waals surface area (Å²) in [6.07, 6.45) is 4.10. The van der Waals surface area contributed by atoms with E-state index < -0.39 is 0 Å². The highest BCUT2D eigenvalue weighted by atomic mass is 35.5. The Bertz CT molecular complexity index is 830. The van der Waals surface area contributed by atoms with Gasteiger partial charge in [-0.2, -0.15) is 0 Å². The Labute approximate surface area is 165 Å². The number of hydrogen-bond donors (Lipinski definition) is 1. The van der Waals surface area contributed by atoms with Crippen LogP contribution in [0.2, 0.25) is 5.15 Å². The minimum absolute atomic E-state index is 0.0280. The number of amides is 1. The fourth-order valence-corrected chi connectivity index (χ4v) is 3.27. The van der Waals surface area contributed by atoms with Gasteiger partial charge in [-0.1, -0.05) is 38.4 Å². The van der Waals surface area contributed by atoms with Crippen LogP contribution in [0.5, 0.6) is 0 Å². The smallest absolute Gasteiger partial charge is 0.226 e. The fraction of sp³-hybridized carbons (Fsp3) is 0.500. The number of nitrogens with zero attached hydrogens (tertiary/aromatic N) is 4. The van der Waals surface area contributed by atoms with Crippen molar-refractivity contribution in [3.8, 4) is 0 Å². The molecule has 6 nitrogen and oxygen atoms in total. The molecule has 1 N–H and O–H groups in total. The third-order valence-corrected chi connectivity index (χ3v) is 4.60. The van der Waals surface area contributed by atoms with Gasteiger partial charge in [-0.15, -0.1) is 0 Å². The van der Waals surface area contributed by atoms with Gasteiger partial charge in [-0.05, 0) is 36.8 Å². The van der Waals surface area contributed by atoms with Crippen LogP contribution in [0, 0.1) is 12.3 Å². The second-order valence-corrected chi connectivity index (χ2v) is 8.62. The molecule has 0 atom stereocenters. The Kier molecular flexibility index (Phi) is 5.65. The number of pyridine rings is 1. The molecule has 0 saturated heterocycles. The third kappa shape index (κ3) is 5.16. The zero-order valence-electron chi connectivity index (χ0n) is 16.3. The standard InChI is InChI=1S/C20H26ClN5O/c1-13-18(25-17(27)10-20(2,3)4)24-15-6-5-9-26(19(15)23-13)12-14-7-8-16(21)22-11-14/h7-8,11H,5-6,9-10,12H2,1-4H3,(H,24,25,27). The molecule has 0 unspecified atom stereocenters. The maximum absolute atomic E-state index is 12.3. The van der Waals surface area contributed by atoms with Crippen LogP contribution in [0.3, 0.4) is 0 Å². The Morgan fingerprint density at radius 2 is 2.07 bits per heavy atom. The molecule has 3 heterocycles. The SMILES string of the molecule is Cc1nc2c(nc1NC(=O)CC(C)(C)C)CCCN2Cc1ccc(Cl)nc1. The van der Waals surface area contributed by atoms with Gasteiger partial charge >= 0.3 is 0 Å². The van der Waals surface area contributed by atoms with E-state index in [1.165, 1.54) is 0 Å². The number of fused-ring (bicyclic) bond motifs is 1. The number of anilines is 2. The lowest BCUT2D eigenvalue weighted by molar-refractivity contribution is -0.117. The molecule has 27 heavy (non-hydrogen) atoms. The largest absolute Gasteiger partial charge is 0.351 e. The topological polar surface area (TPSA) is 71.0 Å². The van der Waals surface area contributed by atoms with Gasteiger partial charge in [0, 0.05) is 25.7 Å². The lowest BCUT2D eigenvalue weighted by Crippen LogP contribution is -2.31. The van der Waals surface area contributed by atoms with Crippen LogP contribution in [0.4, 0.5) is 11.6 Å². The van der Waals surface area contributed by atoms with Gasteiger partial charge in [-0.25, -0.2) is 15.0 Å². The molecule has 7 heteroatoms. The fourth-order valence-electron chi connectivity index (χ4n) is 3.16. The van der Waals surface area contributed by atoms with E-state index in [9.17, 15) is 4.79 Å². The van der Waals surface area contributed by atoms with Crippen LogP contribution in [-0.4, -0.2) is 27.4 Å². The molecule has 144 valence electrons. The molecule has 1 aliphatic rings. The maximum atomic E-state index is 12.3. The summed E-state index contributed by atoms with van der Waals surface area (Å²) in [6, 6.07) is 3.78. The van der Waals surface area contributed by atoms with Crippen molar-refractivity contribution in [2.24, 2.45) is 5.41 Å². The van der Waals surface area contributed by atoms with Crippen molar-refractivity contribution in [2.45, 2.75) is 53.5 Å². The number of halogens is 1. The van der Waals surface area contributed by atoms with Crippen molar-refractivity contribution >= 4 is 29.1 Å². The molecule has 2 aromatic heterocycles. The van der Waals surface area contributed by atoms with Crippen LogP contribution < -0.4 is 10.2 Å². The van der Waals surface area contributed by atoms with Crippen molar-refractivity contribution in [2.75, 3.05) is 16.8 Å². The number of carbonyl (C=O) groups is 1. The second-order valence-electron chi connectivity index (χ2n) is 8.23. The monoisotopic (exact) mass is 387 g/mol. The van der Waals surface area contributed by atoms with E-state index in [0.29, 0.717) is 23.9 Å². The molecule has 0 radical (unpaired) electrons. The minimum atomic E-state index is -0.0664. The van der Waals surface area contributed by atoms with Crippen molar-refractivity contribution in [3.63, 3.8) is 0 Å². The van der Waals surface area contributed by atoms with E-state index in [0.717, 1.165) is 42.2 Å². The zero-order chi connectivity index (χ0) is 19.6. The molecule has 2 aromatic rings. The van der Waals surface area contributed by atoms with Gasteiger partial charge in [0.15, 0.2) is 11.6 Å².